The van der Waals surface area contributed by atoms with Crippen molar-refractivity contribution < 1.29 is 8.78 Å². The van der Waals surface area contributed by atoms with Gasteiger partial charge in [-0.3, -0.25) is 9.98 Å². The van der Waals surface area contributed by atoms with E-state index in [1.54, 1.807) is 24.4 Å². The van der Waals surface area contributed by atoms with Gasteiger partial charge in [0.1, 0.15) is 5.54 Å². The normalized spacial score (nSPS) is 18.1. The number of fused-ring (bicyclic) bond motifs is 2. The third kappa shape index (κ3) is 2.06. The Hall–Kier alpha value is -2.62. The number of benzene rings is 2. The third-order valence-corrected chi connectivity index (χ3v) is 4.56. The molecule has 0 bridgehead atoms. The molecule has 0 fully saturated rings. The molecular weight excluding hydrogens is 306 g/mol. The minimum Gasteiger partial charge on any atom is -0.271 e. The quantitative estimate of drug-likeness (QED) is 0.622. The second-order valence-electron chi connectivity index (χ2n) is 6.55. The largest absolute Gasteiger partial charge is 0.297 e. The van der Waals surface area contributed by atoms with E-state index in [-0.39, 0.29) is 5.56 Å². The Kier molecular flexibility index (Phi) is 3.07. The van der Waals surface area contributed by atoms with Crippen LogP contribution < -0.4 is 0 Å². The highest BCUT2D eigenvalue weighted by atomic mass is 19.3. The van der Waals surface area contributed by atoms with Gasteiger partial charge >= 0.3 is 0 Å². The van der Waals surface area contributed by atoms with E-state index in [4.69, 9.17) is 0 Å². The number of aromatic nitrogens is 1. The standard InChI is InChI=1S/C20H16F2N2/c1-19(2)20(21,22)16-8-4-3-7-15(16)18(24-19)14-10-9-13-6-5-11-23-17(13)12-14/h3-12H,1-2H3. The maximum Gasteiger partial charge on any atom is 0.297 e. The average Bonchev–Trinajstić information content (AvgIpc) is 2.58. The number of hydrogen-bond donors (Lipinski definition) is 0. The summed E-state index contributed by atoms with van der Waals surface area (Å²) in [7, 11) is 0. The first-order valence-corrected chi connectivity index (χ1v) is 7.83. The number of alkyl halides is 2. The van der Waals surface area contributed by atoms with Crippen LogP contribution in [0.1, 0.15) is 30.5 Å². The summed E-state index contributed by atoms with van der Waals surface area (Å²) < 4.78 is 29.6. The minimum absolute atomic E-state index is 0.0288. The molecule has 0 spiro atoms. The Morgan fingerprint density at radius 2 is 1.71 bits per heavy atom. The molecular formula is C20H16F2N2. The van der Waals surface area contributed by atoms with E-state index < -0.39 is 11.5 Å². The van der Waals surface area contributed by atoms with Gasteiger partial charge in [0.15, 0.2) is 0 Å². The van der Waals surface area contributed by atoms with Crippen LogP contribution >= 0.6 is 0 Å². The molecule has 1 aliphatic heterocycles. The van der Waals surface area contributed by atoms with Gasteiger partial charge in [-0.25, -0.2) is 0 Å². The summed E-state index contributed by atoms with van der Waals surface area (Å²) in [5.74, 6) is -3.01. The first-order valence-electron chi connectivity index (χ1n) is 7.83. The Morgan fingerprint density at radius 3 is 2.54 bits per heavy atom. The highest BCUT2D eigenvalue weighted by molar-refractivity contribution is 6.15. The lowest BCUT2D eigenvalue weighted by Crippen LogP contribution is -2.44. The van der Waals surface area contributed by atoms with Crippen LogP contribution in [0.2, 0.25) is 0 Å². The van der Waals surface area contributed by atoms with Gasteiger partial charge in [-0.1, -0.05) is 42.5 Å². The van der Waals surface area contributed by atoms with Gasteiger partial charge < -0.3 is 0 Å². The minimum atomic E-state index is -3.01. The molecule has 2 heterocycles. The monoisotopic (exact) mass is 322 g/mol. The molecule has 2 aromatic carbocycles. The number of pyridine rings is 1. The summed E-state index contributed by atoms with van der Waals surface area (Å²) in [4.78, 5) is 8.78. The third-order valence-electron chi connectivity index (χ3n) is 4.56. The van der Waals surface area contributed by atoms with E-state index in [1.807, 2.05) is 30.3 Å². The summed E-state index contributed by atoms with van der Waals surface area (Å²) in [6.07, 6.45) is 1.72. The van der Waals surface area contributed by atoms with Crippen LogP contribution in [0.25, 0.3) is 10.9 Å². The molecule has 1 aromatic heterocycles. The molecule has 0 unspecified atom stereocenters. The molecule has 4 rings (SSSR count). The summed E-state index contributed by atoms with van der Waals surface area (Å²) in [6, 6.07) is 16.2. The van der Waals surface area contributed by atoms with Crippen molar-refractivity contribution >= 4 is 16.6 Å². The van der Waals surface area contributed by atoms with Crippen molar-refractivity contribution in [3.8, 4) is 0 Å². The SMILES string of the molecule is CC1(C)N=C(c2ccc3cccnc3c2)c2ccccc2C1(F)F. The van der Waals surface area contributed by atoms with E-state index in [9.17, 15) is 8.78 Å². The zero-order chi connectivity index (χ0) is 16.9. The van der Waals surface area contributed by atoms with Crippen LogP contribution in [0.15, 0.2) is 65.8 Å². The summed E-state index contributed by atoms with van der Waals surface area (Å²) in [6.45, 7) is 2.95. The smallest absolute Gasteiger partial charge is 0.271 e. The molecule has 1 aliphatic rings. The molecule has 0 saturated heterocycles. The lowest BCUT2D eigenvalue weighted by molar-refractivity contribution is -0.0681. The number of nitrogens with zero attached hydrogens (tertiary/aromatic N) is 2. The molecule has 120 valence electrons. The van der Waals surface area contributed by atoms with Crippen LogP contribution in [-0.4, -0.2) is 16.2 Å². The van der Waals surface area contributed by atoms with Crippen molar-refractivity contribution in [3.63, 3.8) is 0 Å². The predicted octanol–water partition coefficient (Wildman–Crippen LogP) is 4.96. The predicted molar refractivity (Wildman–Crippen MR) is 91.8 cm³/mol. The molecule has 4 heteroatoms. The molecule has 0 radical (unpaired) electrons. The first-order chi connectivity index (χ1) is 11.4. The summed E-state index contributed by atoms with van der Waals surface area (Å²) in [5.41, 5.74) is 1.23. The van der Waals surface area contributed by atoms with Crippen molar-refractivity contribution in [2.24, 2.45) is 4.99 Å². The fraction of sp³-hybridized carbons (Fsp3) is 0.200. The topological polar surface area (TPSA) is 25.2 Å². The van der Waals surface area contributed by atoms with E-state index in [0.29, 0.717) is 11.3 Å². The fourth-order valence-electron chi connectivity index (χ4n) is 3.14. The molecule has 0 saturated carbocycles. The molecule has 24 heavy (non-hydrogen) atoms. The van der Waals surface area contributed by atoms with Crippen molar-refractivity contribution in [3.05, 3.63) is 77.5 Å². The van der Waals surface area contributed by atoms with Gasteiger partial charge in [-0.15, -0.1) is 0 Å². The van der Waals surface area contributed by atoms with Crippen molar-refractivity contribution in [1.82, 2.24) is 4.98 Å². The highest BCUT2D eigenvalue weighted by Crippen LogP contribution is 2.46. The second kappa shape index (κ2) is 4.94. The summed E-state index contributed by atoms with van der Waals surface area (Å²) in [5, 5.41) is 1.01. The van der Waals surface area contributed by atoms with Crippen LogP contribution in [-0.2, 0) is 5.92 Å². The highest BCUT2D eigenvalue weighted by Gasteiger charge is 2.52. The first kappa shape index (κ1) is 14.9. The lowest BCUT2D eigenvalue weighted by Gasteiger charge is -2.37. The van der Waals surface area contributed by atoms with Crippen LogP contribution in [0, 0.1) is 0 Å². The van der Waals surface area contributed by atoms with E-state index >= 15 is 0 Å². The Bertz CT molecular complexity index is 974. The lowest BCUT2D eigenvalue weighted by atomic mass is 9.81. The Morgan fingerprint density at radius 1 is 0.917 bits per heavy atom. The second-order valence-corrected chi connectivity index (χ2v) is 6.55. The molecule has 0 aliphatic carbocycles. The Labute approximate surface area is 138 Å². The van der Waals surface area contributed by atoms with E-state index in [1.165, 1.54) is 19.9 Å². The fourth-order valence-corrected chi connectivity index (χ4v) is 3.14. The number of hydrogen-bond acceptors (Lipinski definition) is 2. The zero-order valence-electron chi connectivity index (χ0n) is 13.4. The Balaban J connectivity index is 1.98. The number of rotatable bonds is 1. The van der Waals surface area contributed by atoms with Crippen molar-refractivity contribution in [2.75, 3.05) is 0 Å². The van der Waals surface area contributed by atoms with Gasteiger partial charge in [0.05, 0.1) is 11.2 Å². The van der Waals surface area contributed by atoms with Gasteiger partial charge in [-0.05, 0) is 26.0 Å². The molecule has 0 N–H and O–H groups in total. The van der Waals surface area contributed by atoms with Crippen LogP contribution in [0.4, 0.5) is 8.78 Å². The van der Waals surface area contributed by atoms with Gasteiger partial charge in [0.25, 0.3) is 5.92 Å². The average molecular weight is 322 g/mol. The zero-order valence-corrected chi connectivity index (χ0v) is 13.4. The van der Waals surface area contributed by atoms with Crippen molar-refractivity contribution in [1.29, 1.82) is 0 Å². The number of halogens is 2. The molecule has 2 nitrogen and oxygen atoms in total. The van der Waals surface area contributed by atoms with Crippen LogP contribution in [0.3, 0.4) is 0 Å². The van der Waals surface area contributed by atoms with E-state index in [0.717, 1.165) is 16.5 Å². The molecule has 0 atom stereocenters. The van der Waals surface area contributed by atoms with Gasteiger partial charge in [0.2, 0.25) is 0 Å². The van der Waals surface area contributed by atoms with Crippen LogP contribution in [0.5, 0.6) is 0 Å². The maximum atomic E-state index is 14.8. The van der Waals surface area contributed by atoms with Gasteiger partial charge in [-0.2, -0.15) is 8.78 Å². The number of aliphatic imine (C=N–C) groups is 1. The van der Waals surface area contributed by atoms with E-state index in [2.05, 4.69) is 9.98 Å². The van der Waals surface area contributed by atoms with Gasteiger partial charge in [0, 0.05) is 28.3 Å². The maximum absolute atomic E-state index is 14.8. The van der Waals surface area contributed by atoms with Crippen molar-refractivity contribution in [2.45, 2.75) is 25.3 Å². The molecule has 3 aromatic rings. The summed E-state index contributed by atoms with van der Waals surface area (Å²) >= 11 is 0. The molecule has 0 amide bonds.